The van der Waals surface area contributed by atoms with Crippen molar-refractivity contribution in [2.75, 3.05) is 7.11 Å². The minimum atomic E-state index is -0.467. The first-order chi connectivity index (χ1) is 11.0. The smallest absolute Gasteiger partial charge is 0.363 e. The fourth-order valence-corrected chi connectivity index (χ4v) is 2.42. The summed E-state index contributed by atoms with van der Waals surface area (Å²) in [6.07, 6.45) is 1.72. The summed E-state index contributed by atoms with van der Waals surface area (Å²) in [6.45, 7) is 3.84. The highest BCUT2D eigenvalue weighted by molar-refractivity contribution is 6.13. The first-order valence-corrected chi connectivity index (χ1v) is 7.17. The van der Waals surface area contributed by atoms with Gasteiger partial charge in [0.05, 0.1) is 12.8 Å². The Hall–Kier alpha value is -2.89. The van der Waals surface area contributed by atoms with Gasteiger partial charge in [-0.1, -0.05) is 6.07 Å². The van der Waals surface area contributed by atoms with Crippen LogP contribution in [0.4, 0.5) is 0 Å². The average Bonchev–Trinajstić information content (AvgIpc) is 3.03. The van der Waals surface area contributed by atoms with Crippen molar-refractivity contribution in [3.05, 3.63) is 52.5 Å². The minimum Gasteiger partial charge on any atom is -0.497 e. The molecule has 23 heavy (non-hydrogen) atoms. The molecule has 1 aliphatic heterocycles. The fraction of sp³-hybridized carbons (Fsp3) is 0.235. The van der Waals surface area contributed by atoms with E-state index in [1.165, 1.54) is 0 Å². The molecule has 1 aliphatic rings. The largest absolute Gasteiger partial charge is 0.497 e. The lowest BCUT2D eigenvalue weighted by Gasteiger charge is -2.02. The highest BCUT2D eigenvalue weighted by atomic mass is 16.6. The predicted octanol–water partition coefficient (Wildman–Crippen LogP) is 2.39. The molecule has 0 aliphatic carbocycles. The molecule has 2 heterocycles. The Labute approximate surface area is 134 Å². The van der Waals surface area contributed by atoms with Crippen molar-refractivity contribution >= 4 is 17.9 Å². The number of aromatic nitrogens is 2. The van der Waals surface area contributed by atoms with E-state index in [4.69, 9.17) is 9.47 Å². The molecule has 6 nitrogen and oxygen atoms in total. The van der Waals surface area contributed by atoms with Gasteiger partial charge in [-0.2, -0.15) is 5.10 Å². The molecule has 2 aromatic rings. The van der Waals surface area contributed by atoms with E-state index in [-0.39, 0.29) is 11.6 Å². The molecule has 1 aromatic heterocycles. The van der Waals surface area contributed by atoms with Crippen LogP contribution in [0.5, 0.6) is 5.75 Å². The topological polar surface area (TPSA) is 65.7 Å². The number of rotatable bonds is 3. The van der Waals surface area contributed by atoms with Gasteiger partial charge in [0.2, 0.25) is 5.90 Å². The number of ether oxygens (including phenoxy) is 2. The van der Waals surface area contributed by atoms with Crippen molar-refractivity contribution in [1.82, 2.24) is 9.78 Å². The summed E-state index contributed by atoms with van der Waals surface area (Å²) in [7, 11) is 3.45. The molecule has 0 amide bonds. The summed E-state index contributed by atoms with van der Waals surface area (Å²) in [5.74, 6) is 0.488. The molecule has 0 unspecified atom stereocenters. The number of cyclic esters (lactones) is 1. The van der Waals surface area contributed by atoms with Crippen LogP contribution in [0, 0.1) is 13.8 Å². The van der Waals surface area contributed by atoms with Crippen molar-refractivity contribution in [2.24, 2.45) is 12.0 Å². The molecule has 0 radical (unpaired) electrons. The van der Waals surface area contributed by atoms with E-state index in [1.54, 1.807) is 23.9 Å². The van der Waals surface area contributed by atoms with Gasteiger partial charge in [0, 0.05) is 23.9 Å². The average molecular weight is 311 g/mol. The van der Waals surface area contributed by atoms with Crippen LogP contribution in [-0.2, 0) is 16.6 Å². The van der Waals surface area contributed by atoms with Gasteiger partial charge in [-0.3, -0.25) is 4.68 Å². The van der Waals surface area contributed by atoms with Gasteiger partial charge in [0.25, 0.3) is 0 Å². The second kappa shape index (κ2) is 5.72. The summed E-state index contributed by atoms with van der Waals surface area (Å²) in [6, 6.07) is 7.23. The number of carbonyl (C=O) groups excluding carboxylic acids is 1. The predicted molar refractivity (Wildman–Crippen MR) is 86.3 cm³/mol. The molecule has 0 N–H and O–H groups in total. The van der Waals surface area contributed by atoms with Gasteiger partial charge in [-0.15, -0.1) is 0 Å². The van der Waals surface area contributed by atoms with E-state index < -0.39 is 5.97 Å². The van der Waals surface area contributed by atoms with Crippen LogP contribution >= 0.6 is 0 Å². The zero-order chi connectivity index (χ0) is 16.6. The van der Waals surface area contributed by atoms with Crippen molar-refractivity contribution in [1.29, 1.82) is 0 Å². The van der Waals surface area contributed by atoms with E-state index in [1.807, 2.05) is 39.1 Å². The summed E-state index contributed by atoms with van der Waals surface area (Å²) in [5.41, 5.74) is 3.65. The van der Waals surface area contributed by atoms with Crippen LogP contribution in [0.1, 0.15) is 22.5 Å². The van der Waals surface area contributed by atoms with E-state index in [2.05, 4.69) is 10.1 Å². The van der Waals surface area contributed by atoms with Crippen LogP contribution in [0.15, 0.2) is 35.0 Å². The first-order valence-electron chi connectivity index (χ1n) is 7.17. The number of carbonyl (C=O) groups is 1. The third-order valence-corrected chi connectivity index (χ3v) is 3.78. The van der Waals surface area contributed by atoms with E-state index in [0.29, 0.717) is 11.3 Å². The molecule has 0 bridgehead atoms. The summed E-state index contributed by atoms with van der Waals surface area (Å²) in [4.78, 5) is 16.4. The normalized spacial score (nSPS) is 15.7. The maximum absolute atomic E-state index is 12.1. The number of aliphatic imine (C=N–C) groups is 1. The van der Waals surface area contributed by atoms with Crippen LogP contribution in [0.3, 0.4) is 0 Å². The first kappa shape index (κ1) is 15.0. The van der Waals surface area contributed by atoms with E-state index in [9.17, 15) is 4.79 Å². The lowest BCUT2D eigenvalue weighted by molar-refractivity contribution is -0.129. The van der Waals surface area contributed by atoms with Gasteiger partial charge < -0.3 is 9.47 Å². The molecule has 0 saturated carbocycles. The third kappa shape index (κ3) is 2.75. The second-order valence-electron chi connectivity index (χ2n) is 5.28. The summed E-state index contributed by atoms with van der Waals surface area (Å²) < 4.78 is 12.2. The Morgan fingerprint density at radius 1 is 1.30 bits per heavy atom. The number of nitrogens with zero attached hydrogens (tertiary/aromatic N) is 3. The molecular weight excluding hydrogens is 294 g/mol. The standard InChI is InChI=1S/C17H17N3O3/c1-10-14(11(2)20(3)19-10)9-15-17(21)23-16(18-15)12-6-5-7-13(8-12)22-4/h5-9H,1-4H3. The zero-order valence-electron chi connectivity index (χ0n) is 13.5. The Kier molecular flexibility index (Phi) is 3.73. The van der Waals surface area contributed by atoms with Gasteiger partial charge in [0.15, 0.2) is 5.70 Å². The van der Waals surface area contributed by atoms with Crippen molar-refractivity contribution < 1.29 is 14.3 Å². The molecule has 118 valence electrons. The lowest BCUT2D eigenvalue weighted by atomic mass is 10.1. The monoisotopic (exact) mass is 311 g/mol. The molecule has 0 spiro atoms. The number of aryl methyl sites for hydroxylation is 2. The summed E-state index contributed by atoms with van der Waals surface area (Å²) in [5, 5.41) is 4.33. The van der Waals surface area contributed by atoms with Gasteiger partial charge in [0.1, 0.15) is 5.75 Å². The van der Waals surface area contributed by atoms with Crippen LogP contribution in [0.25, 0.3) is 6.08 Å². The highest BCUT2D eigenvalue weighted by Crippen LogP contribution is 2.23. The number of methoxy groups -OCH3 is 1. The number of hydrogen-bond donors (Lipinski definition) is 0. The van der Waals surface area contributed by atoms with Gasteiger partial charge in [-0.25, -0.2) is 9.79 Å². The van der Waals surface area contributed by atoms with Crippen molar-refractivity contribution in [3.63, 3.8) is 0 Å². The Morgan fingerprint density at radius 3 is 2.74 bits per heavy atom. The zero-order valence-corrected chi connectivity index (χ0v) is 13.5. The lowest BCUT2D eigenvalue weighted by Crippen LogP contribution is -2.05. The Bertz CT molecular complexity index is 847. The van der Waals surface area contributed by atoms with Crippen molar-refractivity contribution in [2.45, 2.75) is 13.8 Å². The van der Waals surface area contributed by atoms with E-state index in [0.717, 1.165) is 17.0 Å². The maximum Gasteiger partial charge on any atom is 0.363 e. The van der Waals surface area contributed by atoms with Gasteiger partial charge in [-0.05, 0) is 38.1 Å². The molecule has 0 atom stereocenters. The Morgan fingerprint density at radius 2 is 2.09 bits per heavy atom. The molecule has 3 rings (SSSR count). The van der Waals surface area contributed by atoms with Crippen LogP contribution in [0.2, 0.25) is 0 Å². The molecule has 1 aromatic carbocycles. The molecular formula is C17H17N3O3. The van der Waals surface area contributed by atoms with Crippen LogP contribution < -0.4 is 4.74 Å². The molecule has 0 fully saturated rings. The Balaban J connectivity index is 1.99. The van der Waals surface area contributed by atoms with Gasteiger partial charge >= 0.3 is 5.97 Å². The second-order valence-corrected chi connectivity index (χ2v) is 5.28. The molecule has 0 saturated heterocycles. The highest BCUT2D eigenvalue weighted by Gasteiger charge is 2.25. The minimum absolute atomic E-state index is 0.266. The van der Waals surface area contributed by atoms with Crippen molar-refractivity contribution in [3.8, 4) is 5.75 Å². The quantitative estimate of drug-likeness (QED) is 0.645. The number of esters is 1. The molecule has 6 heteroatoms. The van der Waals surface area contributed by atoms with E-state index >= 15 is 0 Å². The van der Waals surface area contributed by atoms with Crippen LogP contribution in [-0.4, -0.2) is 28.8 Å². The third-order valence-electron chi connectivity index (χ3n) is 3.78. The summed E-state index contributed by atoms with van der Waals surface area (Å²) >= 11 is 0. The SMILES string of the molecule is COc1cccc(C2=NC(=Cc3c(C)nn(C)c3C)C(=O)O2)c1. The fourth-order valence-electron chi connectivity index (χ4n) is 2.42. The number of benzene rings is 1. The number of hydrogen-bond acceptors (Lipinski definition) is 5. The maximum atomic E-state index is 12.1.